The molecule has 2 N–H and O–H groups in total. The first-order valence-corrected chi connectivity index (χ1v) is 8.63. The van der Waals surface area contributed by atoms with E-state index in [0.29, 0.717) is 17.2 Å². The third kappa shape index (κ3) is 2.89. The van der Waals surface area contributed by atoms with E-state index in [4.69, 9.17) is 5.73 Å². The normalized spacial score (nSPS) is 22.9. The van der Waals surface area contributed by atoms with Gasteiger partial charge in [0.05, 0.1) is 0 Å². The van der Waals surface area contributed by atoms with E-state index in [-0.39, 0.29) is 11.5 Å². The topological polar surface area (TPSA) is 56.7 Å². The van der Waals surface area contributed by atoms with E-state index < -0.39 is 0 Å². The van der Waals surface area contributed by atoms with Gasteiger partial charge in [-0.05, 0) is 38.0 Å². The van der Waals surface area contributed by atoms with Gasteiger partial charge in [-0.15, -0.1) is 10.2 Å². The second-order valence-corrected chi connectivity index (χ2v) is 8.59. The van der Waals surface area contributed by atoms with Crippen LogP contribution in [-0.2, 0) is 0 Å². The molecule has 1 aromatic rings. The minimum Gasteiger partial charge on any atom is -0.327 e. The molecule has 20 heavy (non-hydrogen) atoms. The highest BCUT2D eigenvalue weighted by Gasteiger charge is 2.38. The molecule has 0 spiro atoms. The molecule has 0 aromatic carbocycles. The van der Waals surface area contributed by atoms with E-state index in [1.165, 1.54) is 31.5 Å². The minimum absolute atomic E-state index is 0.147. The van der Waals surface area contributed by atoms with Crippen molar-refractivity contribution in [2.24, 2.45) is 11.1 Å². The van der Waals surface area contributed by atoms with Gasteiger partial charge in [0.1, 0.15) is 5.82 Å². The fourth-order valence-electron chi connectivity index (χ4n) is 2.85. The summed E-state index contributed by atoms with van der Waals surface area (Å²) >= 11 is 1.83. The van der Waals surface area contributed by atoms with Gasteiger partial charge in [0, 0.05) is 23.3 Å². The molecule has 112 valence electrons. The zero-order valence-electron chi connectivity index (χ0n) is 13.0. The number of nitrogens with zero attached hydrogens (tertiary/aromatic N) is 3. The molecule has 0 bridgehead atoms. The van der Waals surface area contributed by atoms with E-state index in [2.05, 4.69) is 42.5 Å². The molecule has 2 aliphatic rings. The third-order valence-corrected chi connectivity index (χ3v) is 5.99. The number of hydrogen-bond acceptors (Lipinski definition) is 4. The van der Waals surface area contributed by atoms with Crippen LogP contribution in [0, 0.1) is 5.41 Å². The van der Waals surface area contributed by atoms with Crippen LogP contribution in [0.3, 0.4) is 0 Å². The molecule has 2 unspecified atom stereocenters. The van der Waals surface area contributed by atoms with Crippen LogP contribution >= 0.6 is 11.8 Å². The zero-order valence-corrected chi connectivity index (χ0v) is 13.8. The smallest absolute Gasteiger partial charge is 0.191 e. The molecule has 2 fully saturated rings. The van der Waals surface area contributed by atoms with Crippen molar-refractivity contribution < 1.29 is 0 Å². The second kappa shape index (κ2) is 5.02. The Morgan fingerprint density at radius 1 is 1.20 bits per heavy atom. The number of aromatic nitrogens is 3. The highest BCUT2D eigenvalue weighted by atomic mass is 32.2. The van der Waals surface area contributed by atoms with Crippen LogP contribution in [-0.4, -0.2) is 26.1 Å². The number of hydrogen-bond donors (Lipinski definition) is 1. The molecule has 5 heteroatoms. The van der Waals surface area contributed by atoms with Crippen molar-refractivity contribution in [1.82, 2.24) is 14.8 Å². The Balaban J connectivity index is 1.86. The summed E-state index contributed by atoms with van der Waals surface area (Å²) in [6.07, 6.45) is 5.13. The van der Waals surface area contributed by atoms with E-state index in [1.807, 2.05) is 11.8 Å². The van der Waals surface area contributed by atoms with Gasteiger partial charge in [-0.2, -0.15) is 0 Å². The van der Waals surface area contributed by atoms with Gasteiger partial charge < -0.3 is 10.3 Å². The molecule has 0 aliphatic heterocycles. The maximum Gasteiger partial charge on any atom is 0.191 e. The average Bonchev–Trinajstić information content (AvgIpc) is 3.22. The SMILES string of the molecule is CC(N)C(Sc1nnc(C2CC2)n1C1CC1)C(C)(C)C. The monoisotopic (exact) mass is 294 g/mol. The predicted octanol–water partition coefficient (Wildman–Crippen LogP) is 3.34. The zero-order chi connectivity index (χ0) is 14.5. The maximum atomic E-state index is 6.21. The third-order valence-electron chi connectivity index (χ3n) is 4.11. The van der Waals surface area contributed by atoms with Gasteiger partial charge in [-0.1, -0.05) is 32.5 Å². The standard InChI is InChI=1S/C15H26N4S/c1-9(16)12(15(2,3)4)20-14-18-17-13(10-5-6-10)19(14)11-7-8-11/h9-12H,5-8,16H2,1-4H3. The Labute approximate surface area is 125 Å². The quantitative estimate of drug-likeness (QED) is 0.846. The molecular formula is C15H26N4S. The van der Waals surface area contributed by atoms with Crippen molar-refractivity contribution >= 4 is 11.8 Å². The van der Waals surface area contributed by atoms with Crippen molar-refractivity contribution in [3.05, 3.63) is 5.82 Å². The van der Waals surface area contributed by atoms with Crippen LogP contribution < -0.4 is 5.73 Å². The Hall–Kier alpha value is -0.550. The Morgan fingerprint density at radius 3 is 2.30 bits per heavy atom. The summed E-state index contributed by atoms with van der Waals surface area (Å²) in [5, 5.41) is 10.4. The average molecular weight is 294 g/mol. The molecule has 3 rings (SSSR count). The lowest BCUT2D eigenvalue weighted by Crippen LogP contribution is -2.39. The lowest BCUT2D eigenvalue weighted by atomic mass is 9.88. The van der Waals surface area contributed by atoms with Crippen LogP contribution in [0.2, 0.25) is 0 Å². The van der Waals surface area contributed by atoms with Gasteiger partial charge >= 0.3 is 0 Å². The first-order chi connectivity index (χ1) is 9.38. The molecule has 2 atom stereocenters. The highest BCUT2D eigenvalue weighted by molar-refractivity contribution is 7.99. The fourth-order valence-corrected chi connectivity index (χ4v) is 4.09. The van der Waals surface area contributed by atoms with Gasteiger partial charge in [0.2, 0.25) is 0 Å². The van der Waals surface area contributed by atoms with Crippen LogP contribution in [0.5, 0.6) is 0 Å². The molecule has 0 saturated heterocycles. The predicted molar refractivity (Wildman–Crippen MR) is 83.0 cm³/mol. The minimum atomic E-state index is 0.147. The summed E-state index contributed by atoms with van der Waals surface area (Å²) in [7, 11) is 0. The fraction of sp³-hybridized carbons (Fsp3) is 0.867. The lowest BCUT2D eigenvalue weighted by molar-refractivity contribution is 0.362. The maximum absolute atomic E-state index is 6.21. The van der Waals surface area contributed by atoms with Crippen molar-refractivity contribution in [3.63, 3.8) is 0 Å². The molecule has 1 aromatic heterocycles. The van der Waals surface area contributed by atoms with Crippen LogP contribution in [0.1, 0.15) is 71.2 Å². The highest BCUT2D eigenvalue weighted by Crippen LogP contribution is 2.47. The summed E-state index contributed by atoms with van der Waals surface area (Å²) in [6.45, 7) is 8.87. The molecule has 2 aliphatic carbocycles. The van der Waals surface area contributed by atoms with Gasteiger partial charge in [0.25, 0.3) is 0 Å². The van der Waals surface area contributed by atoms with Gasteiger partial charge in [-0.25, -0.2) is 0 Å². The van der Waals surface area contributed by atoms with E-state index in [0.717, 1.165) is 5.16 Å². The van der Waals surface area contributed by atoms with Crippen molar-refractivity contribution in [2.45, 2.75) is 81.8 Å². The van der Waals surface area contributed by atoms with Crippen molar-refractivity contribution in [1.29, 1.82) is 0 Å². The number of thioether (sulfide) groups is 1. The first kappa shape index (κ1) is 14.4. The van der Waals surface area contributed by atoms with E-state index in [1.54, 1.807) is 0 Å². The summed E-state index contributed by atoms with van der Waals surface area (Å²) < 4.78 is 2.42. The van der Waals surface area contributed by atoms with Crippen molar-refractivity contribution in [2.75, 3.05) is 0 Å². The Morgan fingerprint density at radius 2 is 1.85 bits per heavy atom. The molecular weight excluding hydrogens is 268 g/mol. The van der Waals surface area contributed by atoms with Crippen molar-refractivity contribution in [3.8, 4) is 0 Å². The largest absolute Gasteiger partial charge is 0.327 e. The Bertz CT molecular complexity index is 481. The summed E-state index contributed by atoms with van der Waals surface area (Å²) in [4.78, 5) is 0. The summed E-state index contributed by atoms with van der Waals surface area (Å²) in [6, 6.07) is 0.797. The van der Waals surface area contributed by atoms with Crippen LogP contribution in [0.4, 0.5) is 0 Å². The second-order valence-electron chi connectivity index (χ2n) is 7.48. The summed E-state index contributed by atoms with van der Waals surface area (Å²) in [5.41, 5.74) is 6.38. The Kier molecular flexibility index (Phi) is 3.61. The molecule has 1 heterocycles. The van der Waals surface area contributed by atoms with E-state index in [9.17, 15) is 0 Å². The van der Waals surface area contributed by atoms with Gasteiger partial charge in [0.15, 0.2) is 5.16 Å². The molecule has 4 nitrogen and oxygen atoms in total. The van der Waals surface area contributed by atoms with Gasteiger partial charge in [-0.3, -0.25) is 0 Å². The van der Waals surface area contributed by atoms with Crippen LogP contribution in [0.25, 0.3) is 0 Å². The number of rotatable bonds is 5. The first-order valence-electron chi connectivity index (χ1n) is 7.75. The van der Waals surface area contributed by atoms with E-state index >= 15 is 0 Å². The molecule has 0 amide bonds. The summed E-state index contributed by atoms with van der Waals surface area (Å²) in [5.74, 6) is 1.90. The molecule has 0 radical (unpaired) electrons. The molecule has 2 saturated carbocycles. The number of nitrogens with two attached hydrogens (primary N) is 1. The van der Waals surface area contributed by atoms with Crippen LogP contribution in [0.15, 0.2) is 5.16 Å². The lowest BCUT2D eigenvalue weighted by Gasteiger charge is -2.32.